The highest BCUT2D eigenvalue weighted by atomic mass is 79.9. The molecule has 1 aliphatic heterocycles. The molecule has 2 N–H and O–H groups in total. The molecule has 3 rings (SSSR count). The summed E-state index contributed by atoms with van der Waals surface area (Å²) in [7, 11) is 0. The van der Waals surface area contributed by atoms with Crippen LogP contribution in [-0.2, 0) is 0 Å². The lowest BCUT2D eigenvalue weighted by Gasteiger charge is -2.35. The molecule has 0 atom stereocenters. The van der Waals surface area contributed by atoms with E-state index < -0.39 is 0 Å². The zero-order valence-corrected chi connectivity index (χ0v) is 19.2. The van der Waals surface area contributed by atoms with Crippen molar-refractivity contribution in [2.24, 2.45) is 5.92 Å². The van der Waals surface area contributed by atoms with Gasteiger partial charge in [-0.1, -0.05) is 41.9 Å². The lowest BCUT2D eigenvalue weighted by atomic mass is 10.0. The summed E-state index contributed by atoms with van der Waals surface area (Å²) < 4.78 is 0.958. The molecule has 0 aliphatic carbocycles. The number of amides is 2. The van der Waals surface area contributed by atoms with Crippen LogP contribution in [0.1, 0.15) is 53.8 Å². The van der Waals surface area contributed by atoms with Crippen molar-refractivity contribution in [3.8, 4) is 0 Å². The molecule has 0 bridgehead atoms. The molecule has 160 valence electrons. The minimum atomic E-state index is -0.0362. The SMILES string of the molecule is CC(C)CCNC(=O)c1ccccc1N1CCC(NC(=O)c2ccc(Br)cc2)CC1. The van der Waals surface area contributed by atoms with Crippen LogP contribution in [0.3, 0.4) is 0 Å². The van der Waals surface area contributed by atoms with Gasteiger partial charge in [0.1, 0.15) is 0 Å². The molecular weight excluding hydrogens is 442 g/mol. The molecule has 5 nitrogen and oxygen atoms in total. The molecule has 0 spiro atoms. The third kappa shape index (κ3) is 6.08. The number of para-hydroxylation sites is 1. The van der Waals surface area contributed by atoms with Gasteiger partial charge in [-0.15, -0.1) is 0 Å². The average Bonchev–Trinajstić information content (AvgIpc) is 2.74. The molecule has 1 heterocycles. The average molecular weight is 472 g/mol. The number of benzene rings is 2. The quantitative estimate of drug-likeness (QED) is 0.618. The first kappa shape index (κ1) is 22.3. The second-order valence-electron chi connectivity index (χ2n) is 8.20. The number of piperidine rings is 1. The fraction of sp³-hybridized carbons (Fsp3) is 0.417. The van der Waals surface area contributed by atoms with Gasteiger partial charge >= 0.3 is 0 Å². The number of nitrogens with zero attached hydrogens (tertiary/aromatic N) is 1. The highest BCUT2D eigenvalue weighted by Crippen LogP contribution is 2.24. The van der Waals surface area contributed by atoms with Crippen LogP contribution in [0.15, 0.2) is 53.0 Å². The Morgan fingerprint density at radius 2 is 1.70 bits per heavy atom. The Labute approximate surface area is 187 Å². The fourth-order valence-electron chi connectivity index (χ4n) is 3.65. The molecule has 1 fully saturated rings. The first-order chi connectivity index (χ1) is 14.4. The van der Waals surface area contributed by atoms with Gasteiger partial charge in [-0.3, -0.25) is 9.59 Å². The summed E-state index contributed by atoms with van der Waals surface area (Å²) in [6, 6.07) is 15.3. The van der Waals surface area contributed by atoms with E-state index in [2.05, 4.69) is 45.3 Å². The monoisotopic (exact) mass is 471 g/mol. The molecule has 30 heavy (non-hydrogen) atoms. The Morgan fingerprint density at radius 3 is 2.37 bits per heavy atom. The maximum atomic E-state index is 12.7. The van der Waals surface area contributed by atoms with E-state index in [4.69, 9.17) is 0 Å². The van der Waals surface area contributed by atoms with Gasteiger partial charge in [-0.25, -0.2) is 0 Å². The fourth-order valence-corrected chi connectivity index (χ4v) is 3.91. The molecule has 0 aromatic heterocycles. The summed E-state index contributed by atoms with van der Waals surface area (Å²) in [5.74, 6) is 0.509. The van der Waals surface area contributed by atoms with Crippen molar-refractivity contribution in [3.05, 3.63) is 64.1 Å². The van der Waals surface area contributed by atoms with E-state index in [0.29, 0.717) is 18.0 Å². The Balaban J connectivity index is 1.56. The second kappa shape index (κ2) is 10.6. The molecule has 1 saturated heterocycles. The van der Waals surface area contributed by atoms with Gasteiger partial charge in [0, 0.05) is 41.4 Å². The van der Waals surface area contributed by atoms with Crippen LogP contribution in [0.5, 0.6) is 0 Å². The minimum Gasteiger partial charge on any atom is -0.371 e. The number of hydrogen-bond donors (Lipinski definition) is 2. The second-order valence-corrected chi connectivity index (χ2v) is 9.11. The van der Waals surface area contributed by atoms with Crippen LogP contribution in [0.4, 0.5) is 5.69 Å². The van der Waals surface area contributed by atoms with Crippen molar-refractivity contribution in [2.45, 2.75) is 39.2 Å². The zero-order valence-electron chi connectivity index (χ0n) is 17.7. The minimum absolute atomic E-state index is 0.0167. The maximum Gasteiger partial charge on any atom is 0.253 e. The molecule has 6 heteroatoms. The van der Waals surface area contributed by atoms with Gasteiger partial charge in [-0.05, 0) is 61.6 Å². The number of hydrogen-bond acceptors (Lipinski definition) is 3. The van der Waals surface area contributed by atoms with Gasteiger partial charge in [0.05, 0.1) is 5.56 Å². The van der Waals surface area contributed by atoms with E-state index in [0.717, 1.165) is 48.1 Å². The molecule has 0 radical (unpaired) electrons. The van der Waals surface area contributed by atoms with Crippen molar-refractivity contribution < 1.29 is 9.59 Å². The van der Waals surface area contributed by atoms with Crippen LogP contribution < -0.4 is 15.5 Å². The first-order valence-electron chi connectivity index (χ1n) is 10.6. The Kier molecular flexibility index (Phi) is 7.91. The van der Waals surface area contributed by atoms with Gasteiger partial charge < -0.3 is 15.5 Å². The van der Waals surface area contributed by atoms with Crippen molar-refractivity contribution in [2.75, 3.05) is 24.5 Å². The van der Waals surface area contributed by atoms with E-state index >= 15 is 0 Å². The highest BCUT2D eigenvalue weighted by molar-refractivity contribution is 9.10. The van der Waals surface area contributed by atoms with Crippen molar-refractivity contribution in [3.63, 3.8) is 0 Å². The Morgan fingerprint density at radius 1 is 1.03 bits per heavy atom. The molecule has 2 aromatic carbocycles. The van der Waals surface area contributed by atoms with E-state index in [9.17, 15) is 9.59 Å². The molecule has 1 aliphatic rings. The standard InChI is InChI=1S/C24H30BrN3O2/c1-17(2)11-14-26-24(30)21-5-3-4-6-22(21)28-15-12-20(13-16-28)27-23(29)18-7-9-19(25)10-8-18/h3-10,17,20H,11-16H2,1-2H3,(H,26,30)(H,27,29). The van der Waals surface area contributed by atoms with Crippen LogP contribution in [0, 0.1) is 5.92 Å². The third-order valence-electron chi connectivity index (χ3n) is 5.43. The molecule has 0 unspecified atom stereocenters. The van der Waals surface area contributed by atoms with Crippen molar-refractivity contribution in [1.29, 1.82) is 0 Å². The van der Waals surface area contributed by atoms with Gasteiger partial charge in [0.15, 0.2) is 0 Å². The number of nitrogens with one attached hydrogen (secondary N) is 2. The predicted octanol–water partition coefficient (Wildman–Crippen LogP) is 4.62. The molecule has 2 aromatic rings. The highest BCUT2D eigenvalue weighted by Gasteiger charge is 2.24. The van der Waals surface area contributed by atoms with Gasteiger partial charge in [0.2, 0.25) is 0 Å². The zero-order chi connectivity index (χ0) is 21.5. The summed E-state index contributed by atoms with van der Waals surface area (Å²) in [6.07, 6.45) is 2.68. The Bertz CT molecular complexity index is 859. The van der Waals surface area contributed by atoms with E-state index in [1.54, 1.807) is 0 Å². The maximum absolute atomic E-state index is 12.7. The molecule has 0 saturated carbocycles. The van der Waals surface area contributed by atoms with Gasteiger partial charge in [0.25, 0.3) is 11.8 Å². The van der Waals surface area contributed by atoms with Crippen LogP contribution in [-0.4, -0.2) is 37.5 Å². The lowest BCUT2D eigenvalue weighted by molar-refractivity contribution is 0.0929. The van der Waals surface area contributed by atoms with E-state index in [-0.39, 0.29) is 17.9 Å². The predicted molar refractivity (Wildman–Crippen MR) is 125 cm³/mol. The van der Waals surface area contributed by atoms with Gasteiger partial charge in [-0.2, -0.15) is 0 Å². The van der Waals surface area contributed by atoms with E-state index in [1.165, 1.54) is 0 Å². The number of rotatable bonds is 7. The largest absolute Gasteiger partial charge is 0.371 e. The number of anilines is 1. The third-order valence-corrected chi connectivity index (χ3v) is 5.96. The molecular formula is C24H30BrN3O2. The molecule has 2 amide bonds. The Hall–Kier alpha value is -2.34. The first-order valence-corrected chi connectivity index (χ1v) is 11.4. The summed E-state index contributed by atoms with van der Waals surface area (Å²) in [5.41, 5.74) is 2.36. The van der Waals surface area contributed by atoms with Crippen LogP contribution >= 0.6 is 15.9 Å². The topological polar surface area (TPSA) is 61.4 Å². The summed E-state index contributed by atoms with van der Waals surface area (Å²) in [6.45, 7) is 6.61. The van der Waals surface area contributed by atoms with Crippen molar-refractivity contribution in [1.82, 2.24) is 10.6 Å². The lowest BCUT2D eigenvalue weighted by Crippen LogP contribution is -2.45. The number of halogens is 1. The smallest absolute Gasteiger partial charge is 0.253 e. The normalized spacial score (nSPS) is 14.6. The summed E-state index contributed by atoms with van der Waals surface area (Å²) in [4.78, 5) is 27.4. The number of carbonyl (C=O) groups is 2. The van der Waals surface area contributed by atoms with Crippen molar-refractivity contribution >= 4 is 33.4 Å². The van der Waals surface area contributed by atoms with Crippen LogP contribution in [0.2, 0.25) is 0 Å². The summed E-state index contributed by atoms with van der Waals surface area (Å²) >= 11 is 3.39. The summed E-state index contributed by atoms with van der Waals surface area (Å²) in [5, 5.41) is 6.18. The van der Waals surface area contributed by atoms with Crippen LogP contribution in [0.25, 0.3) is 0 Å². The van der Waals surface area contributed by atoms with E-state index in [1.807, 2.05) is 48.5 Å². The number of carbonyl (C=O) groups excluding carboxylic acids is 2.